The molecule has 7 nitrogen and oxygen atoms in total. The maximum Gasteiger partial charge on any atom is 0.295 e. The van der Waals surface area contributed by atoms with E-state index in [4.69, 9.17) is 10.8 Å². The van der Waals surface area contributed by atoms with Gasteiger partial charge in [0.2, 0.25) is 5.91 Å². The molecule has 18 heavy (non-hydrogen) atoms. The summed E-state index contributed by atoms with van der Waals surface area (Å²) in [6.07, 6.45) is -1.67. The molecule has 0 aliphatic rings. The van der Waals surface area contributed by atoms with Gasteiger partial charge in [-0.05, 0) is 6.07 Å². The number of hydrogen-bond donors (Lipinski definition) is 3. The molecule has 98 valence electrons. The lowest BCUT2D eigenvalue weighted by Crippen LogP contribution is -2.34. The van der Waals surface area contributed by atoms with E-state index in [1.807, 2.05) is 0 Å². The normalized spacial score (nSPS) is 11.9. The number of amides is 1. The number of nitro groups is 1. The van der Waals surface area contributed by atoms with Gasteiger partial charge in [0.1, 0.15) is 6.10 Å². The number of halogens is 2. The van der Waals surface area contributed by atoms with Crippen molar-refractivity contribution in [2.75, 3.05) is 11.9 Å². The SMILES string of the molecule is NC(=O)C(O)CNc1c([N+](=O)[O-])ccc(F)c1F. The number of nitro benzene ring substituents is 1. The number of rotatable bonds is 5. The zero-order chi connectivity index (χ0) is 13.9. The minimum absolute atomic E-state index is 0.573. The van der Waals surface area contributed by atoms with Gasteiger partial charge in [-0.3, -0.25) is 14.9 Å². The zero-order valence-electron chi connectivity index (χ0n) is 8.89. The van der Waals surface area contributed by atoms with Gasteiger partial charge < -0.3 is 16.2 Å². The first-order chi connectivity index (χ1) is 8.34. The molecule has 0 spiro atoms. The molecule has 4 N–H and O–H groups in total. The topological polar surface area (TPSA) is 118 Å². The lowest BCUT2D eigenvalue weighted by molar-refractivity contribution is -0.384. The molecule has 1 aromatic rings. The number of aliphatic hydroxyl groups is 1. The Kier molecular flexibility index (Phi) is 4.10. The van der Waals surface area contributed by atoms with Gasteiger partial charge in [0.05, 0.1) is 11.5 Å². The quantitative estimate of drug-likeness (QED) is 0.514. The van der Waals surface area contributed by atoms with Gasteiger partial charge in [-0.2, -0.15) is 0 Å². The predicted octanol–water partition coefficient (Wildman–Crippen LogP) is 0.131. The fourth-order valence-corrected chi connectivity index (χ4v) is 1.16. The van der Waals surface area contributed by atoms with E-state index < -0.39 is 46.5 Å². The van der Waals surface area contributed by atoms with Crippen molar-refractivity contribution >= 4 is 17.3 Å². The zero-order valence-corrected chi connectivity index (χ0v) is 8.89. The summed E-state index contributed by atoms with van der Waals surface area (Å²) in [6.45, 7) is -0.573. The lowest BCUT2D eigenvalue weighted by Gasteiger charge is -2.10. The van der Waals surface area contributed by atoms with Crippen LogP contribution in [0.15, 0.2) is 12.1 Å². The monoisotopic (exact) mass is 261 g/mol. The third kappa shape index (κ3) is 2.88. The van der Waals surface area contributed by atoms with Crippen LogP contribution < -0.4 is 11.1 Å². The second-order valence-corrected chi connectivity index (χ2v) is 3.31. The van der Waals surface area contributed by atoms with Crippen LogP contribution in [-0.4, -0.2) is 28.6 Å². The van der Waals surface area contributed by atoms with Crippen molar-refractivity contribution in [3.05, 3.63) is 33.9 Å². The van der Waals surface area contributed by atoms with Crippen LogP contribution in [0.25, 0.3) is 0 Å². The fourth-order valence-electron chi connectivity index (χ4n) is 1.16. The summed E-state index contributed by atoms with van der Waals surface area (Å²) in [5.74, 6) is -3.86. The van der Waals surface area contributed by atoms with Crippen LogP contribution in [0.3, 0.4) is 0 Å². The van der Waals surface area contributed by atoms with Crippen LogP contribution in [0.4, 0.5) is 20.2 Å². The van der Waals surface area contributed by atoms with Crippen molar-refractivity contribution in [2.24, 2.45) is 5.73 Å². The Labute approximate surface area is 99.4 Å². The molecule has 0 saturated carbocycles. The van der Waals surface area contributed by atoms with Gasteiger partial charge in [0.25, 0.3) is 5.69 Å². The van der Waals surface area contributed by atoms with E-state index in [1.165, 1.54) is 0 Å². The Hall–Kier alpha value is -2.29. The number of benzene rings is 1. The van der Waals surface area contributed by atoms with E-state index in [0.717, 1.165) is 6.07 Å². The molecule has 1 rings (SSSR count). The summed E-state index contributed by atoms with van der Waals surface area (Å²) in [5.41, 5.74) is 3.27. The highest BCUT2D eigenvalue weighted by molar-refractivity contribution is 5.79. The van der Waals surface area contributed by atoms with E-state index in [9.17, 15) is 23.7 Å². The third-order valence-corrected chi connectivity index (χ3v) is 2.07. The second kappa shape index (κ2) is 5.36. The van der Waals surface area contributed by atoms with Crippen LogP contribution in [0.1, 0.15) is 0 Å². The lowest BCUT2D eigenvalue weighted by atomic mass is 10.2. The van der Waals surface area contributed by atoms with E-state index >= 15 is 0 Å². The molecule has 0 radical (unpaired) electrons. The number of aliphatic hydroxyl groups excluding tert-OH is 1. The minimum atomic E-state index is -1.67. The number of nitrogens with one attached hydrogen (secondary N) is 1. The van der Waals surface area contributed by atoms with E-state index in [-0.39, 0.29) is 0 Å². The minimum Gasteiger partial charge on any atom is -0.381 e. The first-order valence-corrected chi connectivity index (χ1v) is 4.68. The maximum absolute atomic E-state index is 13.3. The molecule has 1 aromatic carbocycles. The molecule has 1 atom stereocenters. The Bertz CT molecular complexity index is 495. The maximum atomic E-state index is 13.3. The predicted molar refractivity (Wildman–Crippen MR) is 56.7 cm³/mol. The van der Waals surface area contributed by atoms with E-state index in [1.54, 1.807) is 0 Å². The molecule has 0 aliphatic heterocycles. The van der Waals surface area contributed by atoms with E-state index in [0.29, 0.717) is 6.07 Å². The molecule has 0 heterocycles. The average molecular weight is 261 g/mol. The van der Waals surface area contributed by atoms with Crippen molar-refractivity contribution in [3.8, 4) is 0 Å². The highest BCUT2D eigenvalue weighted by Crippen LogP contribution is 2.28. The second-order valence-electron chi connectivity index (χ2n) is 3.31. The van der Waals surface area contributed by atoms with Gasteiger partial charge in [-0.1, -0.05) is 0 Å². The first-order valence-electron chi connectivity index (χ1n) is 4.68. The summed E-state index contributed by atoms with van der Waals surface area (Å²) in [6, 6.07) is 1.36. The van der Waals surface area contributed by atoms with Crippen LogP contribution in [-0.2, 0) is 4.79 Å². The Morgan fingerprint density at radius 3 is 2.67 bits per heavy atom. The van der Waals surface area contributed by atoms with Crippen molar-refractivity contribution < 1.29 is 23.6 Å². The van der Waals surface area contributed by atoms with Crippen LogP contribution >= 0.6 is 0 Å². The van der Waals surface area contributed by atoms with Crippen molar-refractivity contribution in [2.45, 2.75) is 6.10 Å². The fraction of sp³-hybridized carbons (Fsp3) is 0.222. The molecular weight excluding hydrogens is 252 g/mol. The average Bonchev–Trinajstić information content (AvgIpc) is 2.29. The summed E-state index contributed by atoms with van der Waals surface area (Å²) >= 11 is 0. The number of nitrogens with two attached hydrogens (primary N) is 1. The van der Waals surface area contributed by atoms with Crippen LogP contribution in [0.2, 0.25) is 0 Å². The molecule has 0 bridgehead atoms. The summed E-state index contributed by atoms with van der Waals surface area (Å²) < 4.78 is 26.2. The molecule has 1 unspecified atom stereocenters. The van der Waals surface area contributed by atoms with Crippen molar-refractivity contribution in [1.29, 1.82) is 0 Å². The first kappa shape index (κ1) is 13.8. The van der Waals surface area contributed by atoms with Crippen molar-refractivity contribution in [3.63, 3.8) is 0 Å². The van der Waals surface area contributed by atoms with Gasteiger partial charge >= 0.3 is 0 Å². The molecule has 0 fully saturated rings. The summed E-state index contributed by atoms with van der Waals surface area (Å²) in [4.78, 5) is 20.2. The Morgan fingerprint density at radius 2 is 2.17 bits per heavy atom. The van der Waals surface area contributed by atoms with Crippen LogP contribution in [0.5, 0.6) is 0 Å². The van der Waals surface area contributed by atoms with Gasteiger partial charge in [-0.25, -0.2) is 8.78 Å². The molecule has 0 aromatic heterocycles. The van der Waals surface area contributed by atoms with Gasteiger partial charge in [0, 0.05) is 6.07 Å². The number of carbonyl (C=O) groups excluding carboxylic acids is 1. The van der Waals surface area contributed by atoms with Gasteiger partial charge in [-0.15, -0.1) is 0 Å². The van der Waals surface area contributed by atoms with Gasteiger partial charge in [0.15, 0.2) is 17.3 Å². The number of hydrogen-bond acceptors (Lipinski definition) is 5. The highest BCUT2D eigenvalue weighted by Gasteiger charge is 2.22. The number of primary amides is 1. The largest absolute Gasteiger partial charge is 0.381 e. The summed E-state index contributed by atoms with van der Waals surface area (Å²) in [5, 5.41) is 21.7. The molecule has 0 aliphatic carbocycles. The molecular formula is C9H9F2N3O4. The number of carbonyl (C=O) groups is 1. The van der Waals surface area contributed by atoms with Crippen LogP contribution in [0, 0.1) is 21.7 Å². The third-order valence-electron chi connectivity index (χ3n) is 2.07. The standard InChI is InChI=1S/C9H9F2N3O4/c10-4-1-2-5(14(17)18)8(7(4)11)13-3-6(15)9(12)16/h1-2,6,13,15H,3H2,(H2,12,16). The summed E-state index contributed by atoms with van der Waals surface area (Å²) in [7, 11) is 0. The Morgan fingerprint density at radius 1 is 1.56 bits per heavy atom. The number of nitrogens with zero attached hydrogens (tertiary/aromatic N) is 1. The Balaban J connectivity index is 3.02. The van der Waals surface area contributed by atoms with Crippen molar-refractivity contribution in [1.82, 2.24) is 0 Å². The smallest absolute Gasteiger partial charge is 0.295 e. The molecule has 9 heteroatoms. The highest BCUT2D eigenvalue weighted by atomic mass is 19.2. The molecule has 0 saturated heterocycles. The molecule has 1 amide bonds. The number of anilines is 1. The van der Waals surface area contributed by atoms with E-state index in [2.05, 4.69) is 5.32 Å².